The third-order valence-corrected chi connectivity index (χ3v) is 3.58. The van der Waals surface area contributed by atoms with Crippen molar-refractivity contribution in [2.75, 3.05) is 0 Å². The fourth-order valence-electron chi connectivity index (χ4n) is 2.11. The van der Waals surface area contributed by atoms with Crippen molar-refractivity contribution >= 4 is 23.7 Å². The van der Waals surface area contributed by atoms with Crippen molar-refractivity contribution in [3.8, 4) is 0 Å². The van der Waals surface area contributed by atoms with Crippen LogP contribution in [-0.2, 0) is 9.53 Å². The summed E-state index contributed by atoms with van der Waals surface area (Å²) in [5.41, 5.74) is 0.0186. The van der Waals surface area contributed by atoms with Crippen LogP contribution in [0.5, 0.6) is 0 Å². The lowest BCUT2D eigenvalue weighted by Gasteiger charge is -2.23. The molecule has 0 fully saturated rings. The predicted octanol–water partition coefficient (Wildman–Crippen LogP) is 4.19. The zero-order valence-electron chi connectivity index (χ0n) is 14.5. The first-order valence-corrected chi connectivity index (χ1v) is 8.30. The van der Waals surface area contributed by atoms with E-state index in [0.29, 0.717) is 30.0 Å². The molecule has 1 heterocycles. The van der Waals surface area contributed by atoms with Crippen molar-refractivity contribution in [3.63, 3.8) is 0 Å². The Labute approximate surface area is 147 Å². The van der Waals surface area contributed by atoms with E-state index in [2.05, 4.69) is 10.3 Å². The molecule has 6 nitrogen and oxygen atoms in total. The number of halogens is 1. The number of carboxylic acids is 1. The molecule has 0 radical (unpaired) electrons. The zero-order valence-corrected chi connectivity index (χ0v) is 15.3. The topological polar surface area (TPSA) is 88.5 Å². The maximum absolute atomic E-state index is 12.0. The van der Waals surface area contributed by atoms with Crippen LogP contribution in [0.2, 0.25) is 5.02 Å². The molecule has 1 rings (SSSR count). The van der Waals surface area contributed by atoms with Gasteiger partial charge in [0, 0.05) is 11.2 Å². The first kappa shape index (κ1) is 20.2. The maximum atomic E-state index is 12.0. The molecule has 1 aromatic rings. The van der Waals surface area contributed by atoms with E-state index in [1.807, 2.05) is 0 Å². The average molecular weight is 357 g/mol. The third-order valence-electron chi connectivity index (χ3n) is 3.34. The zero-order chi connectivity index (χ0) is 18.3. The summed E-state index contributed by atoms with van der Waals surface area (Å²) < 4.78 is 5.28. The lowest BCUT2D eigenvalue weighted by molar-refractivity contribution is -0.141. The number of carboxylic acid groups (broad SMARTS) is 1. The molecule has 2 atom stereocenters. The first-order chi connectivity index (χ1) is 11.1. The van der Waals surface area contributed by atoms with Gasteiger partial charge in [-0.2, -0.15) is 0 Å². The summed E-state index contributed by atoms with van der Waals surface area (Å²) in [7, 11) is 0. The normalized spacial score (nSPS) is 13.9. The maximum Gasteiger partial charge on any atom is 0.408 e. The number of ether oxygens (including phenoxy) is 1. The fourth-order valence-corrected chi connectivity index (χ4v) is 2.28. The van der Waals surface area contributed by atoms with Gasteiger partial charge in [-0.3, -0.25) is 9.78 Å². The van der Waals surface area contributed by atoms with Gasteiger partial charge in [-0.1, -0.05) is 24.9 Å². The second kappa shape index (κ2) is 8.87. The Bertz CT molecular complexity index is 572. The number of hydrogen-bond donors (Lipinski definition) is 2. The SMILES string of the molecule is CC(CCCC(NC(=O)OC(C)(C)C)c1cc(Cl)ccn1)C(=O)O. The second-order valence-electron chi connectivity index (χ2n) is 6.77. The molecule has 7 heteroatoms. The van der Waals surface area contributed by atoms with Gasteiger partial charge >= 0.3 is 12.1 Å². The molecule has 0 saturated heterocycles. The summed E-state index contributed by atoms with van der Waals surface area (Å²) in [6.45, 7) is 7.02. The largest absolute Gasteiger partial charge is 0.481 e. The molecule has 0 bridgehead atoms. The van der Waals surface area contributed by atoms with Gasteiger partial charge in [-0.15, -0.1) is 0 Å². The van der Waals surface area contributed by atoms with Crippen molar-refractivity contribution in [1.82, 2.24) is 10.3 Å². The van der Waals surface area contributed by atoms with Gasteiger partial charge in [0.15, 0.2) is 0 Å². The predicted molar refractivity (Wildman–Crippen MR) is 92.0 cm³/mol. The van der Waals surface area contributed by atoms with Crippen molar-refractivity contribution < 1.29 is 19.4 Å². The van der Waals surface area contributed by atoms with Crippen LogP contribution in [0.15, 0.2) is 18.3 Å². The minimum atomic E-state index is -0.826. The lowest BCUT2D eigenvalue weighted by Crippen LogP contribution is -2.35. The molecule has 0 aromatic carbocycles. The fraction of sp³-hybridized carbons (Fsp3) is 0.588. The molecule has 134 valence electrons. The Balaban J connectivity index is 2.76. The van der Waals surface area contributed by atoms with Crippen LogP contribution < -0.4 is 5.32 Å². The van der Waals surface area contributed by atoms with E-state index in [-0.39, 0.29) is 6.04 Å². The van der Waals surface area contributed by atoms with E-state index in [1.165, 1.54) is 0 Å². The molecule has 24 heavy (non-hydrogen) atoms. The van der Waals surface area contributed by atoms with Crippen LogP contribution in [0.1, 0.15) is 58.7 Å². The van der Waals surface area contributed by atoms with E-state index in [9.17, 15) is 9.59 Å². The number of carbonyl (C=O) groups excluding carboxylic acids is 1. The number of amides is 1. The van der Waals surface area contributed by atoms with Gasteiger partial charge in [0.25, 0.3) is 0 Å². The molecule has 0 aliphatic heterocycles. The van der Waals surface area contributed by atoms with Gasteiger partial charge in [-0.05, 0) is 45.7 Å². The Hall–Kier alpha value is -1.82. The highest BCUT2D eigenvalue weighted by molar-refractivity contribution is 6.30. The number of nitrogens with one attached hydrogen (secondary N) is 1. The van der Waals surface area contributed by atoms with E-state index in [0.717, 1.165) is 0 Å². The number of aliphatic carboxylic acids is 1. The highest BCUT2D eigenvalue weighted by Crippen LogP contribution is 2.22. The molecule has 0 aliphatic carbocycles. The van der Waals surface area contributed by atoms with Gasteiger partial charge in [-0.25, -0.2) is 4.79 Å². The van der Waals surface area contributed by atoms with Crippen LogP contribution >= 0.6 is 11.6 Å². The molecule has 2 N–H and O–H groups in total. The van der Waals surface area contributed by atoms with Gasteiger partial charge < -0.3 is 15.2 Å². The van der Waals surface area contributed by atoms with Crippen molar-refractivity contribution in [2.45, 2.75) is 58.6 Å². The molecule has 0 aliphatic rings. The number of rotatable bonds is 7. The van der Waals surface area contributed by atoms with E-state index in [1.54, 1.807) is 46.0 Å². The number of alkyl carbamates (subject to hydrolysis) is 1. The number of pyridine rings is 1. The molecule has 2 unspecified atom stereocenters. The molecular formula is C17H25ClN2O4. The monoisotopic (exact) mass is 356 g/mol. The summed E-state index contributed by atoms with van der Waals surface area (Å²) in [5, 5.41) is 12.3. The standard InChI is InChI=1S/C17H25ClN2O4/c1-11(15(21)22)6-5-7-13(14-10-12(18)8-9-19-14)20-16(23)24-17(2,3)4/h8-11,13H,5-7H2,1-4H3,(H,20,23)(H,21,22). The van der Waals surface area contributed by atoms with Crippen LogP contribution in [0, 0.1) is 5.92 Å². The minimum absolute atomic E-state index is 0.389. The van der Waals surface area contributed by atoms with Crippen molar-refractivity contribution in [1.29, 1.82) is 0 Å². The molecule has 1 amide bonds. The van der Waals surface area contributed by atoms with E-state index >= 15 is 0 Å². The quantitative estimate of drug-likeness (QED) is 0.764. The van der Waals surface area contributed by atoms with Gasteiger partial charge in [0.2, 0.25) is 0 Å². The second-order valence-corrected chi connectivity index (χ2v) is 7.20. The van der Waals surface area contributed by atoms with Gasteiger partial charge in [0.1, 0.15) is 5.60 Å². The highest BCUT2D eigenvalue weighted by atomic mass is 35.5. The summed E-state index contributed by atoms with van der Waals surface area (Å²) >= 11 is 6.00. The Morgan fingerprint density at radius 2 is 2.04 bits per heavy atom. The van der Waals surface area contributed by atoms with E-state index < -0.39 is 23.6 Å². The molecule has 0 spiro atoms. The smallest absolute Gasteiger partial charge is 0.408 e. The van der Waals surface area contributed by atoms with Crippen LogP contribution in [0.3, 0.4) is 0 Å². The Kier molecular flexibility index (Phi) is 7.48. The number of aromatic nitrogens is 1. The van der Waals surface area contributed by atoms with Crippen LogP contribution in [0.4, 0.5) is 4.79 Å². The lowest BCUT2D eigenvalue weighted by atomic mass is 10.00. The summed E-state index contributed by atoms with van der Waals surface area (Å²) in [6.07, 6.45) is 2.72. The first-order valence-electron chi connectivity index (χ1n) is 7.92. The Morgan fingerprint density at radius 1 is 1.38 bits per heavy atom. The third kappa shape index (κ3) is 7.64. The summed E-state index contributed by atoms with van der Waals surface area (Å²) in [5.74, 6) is -1.26. The van der Waals surface area contributed by atoms with E-state index in [4.69, 9.17) is 21.4 Å². The molecular weight excluding hydrogens is 332 g/mol. The molecule has 1 aromatic heterocycles. The minimum Gasteiger partial charge on any atom is -0.481 e. The molecule has 0 saturated carbocycles. The van der Waals surface area contributed by atoms with Crippen molar-refractivity contribution in [3.05, 3.63) is 29.0 Å². The van der Waals surface area contributed by atoms with Crippen LogP contribution in [0.25, 0.3) is 0 Å². The summed E-state index contributed by atoms with van der Waals surface area (Å²) in [4.78, 5) is 27.2. The Morgan fingerprint density at radius 3 is 2.58 bits per heavy atom. The van der Waals surface area contributed by atoms with Gasteiger partial charge in [0.05, 0.1) is 17.7 Å². The average Bonchev–Trinajstić information content (AvgIpc) is 2.43. The van der Waals surface area contributed by atoms with Crippen molar-refractivity contribution in [2.24, 2.45) is 5.92 Å². The number of nitrogens with zero attached hydrogens (tertiary/aromatic N) is 1. The van der Waals surface area contributed by atoms with Crippen LogP contribution in [-0.4, -0.2) is 27.8 Å². The summed E-state index contributed by atoms with van der Waals surface area (Å²) in [6, 6.07) is 2.95. The number of hydrogen-bond acceptors (Lipinski definition) is 4. The highest BCUT2D eigenvalue weighted by Gasteiger charge is 2.22. The number of carbonyl (C=O) groups is 2.